The van der Waals surface area contributed by atoms with Gasteiger partial charge in [0.1, 0.15) is 11.8 Å². The van der Waals surface area contributed by atoms with Gasteiger partial charge in [0.2, 0.25) is 5.91 Å². The third-order valence-electron chi connectivity index (χ3n) is 7.17. The molecule has 0 aliphatic carbocycles. The van der Waals surface area contributed by atoms with Gasteiger partial charge in [0.25, 0.3) is 11.1 Å². The predicted octanol–water partition coefficient (Wildman–Crippen LogP) is 3.66. The maximum Gasteiger partial charge on any atom is 0.413 e. The van der Waals surface area contributed by atoms with Crippen LogP contribution in [-0.2, 0) is 17.4 Å². The van der Waals surface area contributed by atoms with Gasteiger partial charge in [-0.05, 0) is 19.4 Å². The molecule has 1 unspecified atom stereocenters. The van der Waals surface area contributed by atoms with E-state index in [9.17, 15) is 31.9 Å². The third-order valence-corrected chi connectivity index (χ3v) is 7.17. The Morgan fingerprint density at radius 3 is 2.61 bits per heavy atom. The van der Waals surface area contributed by atoms with Gasteiger partial charge in [-0.25, -0.2) is 9.07 Å². The molecule has 1 amide bonds. The molecule has 200 valence electrons. The summed E-state index contributed by atoms with van der Waals surface area (Å²) < 4.78 is 64.5. The number of aryl methyl sites for hydroxylation is 1. The molecule has 1 N–H and O–H groups in total. The number of aromatic nitrogens is 3. The minimum atomic E-state index is -4.87. The summed E-state index contributed by atoms with van der Waals surface area (Å²) in [4.78, 5) is 38.7. The van der Waals surface area contributed by atoms with E-state index in [0.717, 1.165) is 35.0 Å². The van der Waals surface area contributed by atoms with Crippen LogP contribution in [0, 0.1) is 5.82 Å². The number of para-hydroxylation sites is 1. The Hall–Kier alpha value is -4.16. The summed E-state index contributed by atoms with van der Waals surface area (Å²) in [5, 5.41) is 7.39. The quantitative estimate of drug-likeness (QED) is 0.402. The summed E-state index contributed by atoms with van der Waals surface area (Å²) in [6.07, 6.45) is -3.44. The largest absolute Gasteiger partial charge is 0.461 e. The molecule has 1 aliphatic heterocycles. The van der Waals surface area contributed by atoms with Crippen molar-refractivity contribution in [3.05, 3.63) is 68.8 Å². The summed E-state index contributed by atoms with van der Waals surface area (Å²) >= 11 is 0. The molecule has 9 nitrogen and oxygen atoms in total. The highest BCUT2D eigenvalue weighted by Crippen LogP contribution is 2.43. The van der Waals surface area contributed by atoms with Crippen LogP contribution < -0.4 is 16.4 Å². The van der Waals surface area contributed by atoms with Crippen LogP contribution in [0.3, 0.4) is 0 Å². The molecule has 4 aromatic rings. The van der Waals surface area contributed by atoms with Crippen molar-refractivity contribution in [2.45, 2.75) is 38.0 Å². The molecule has 0 bridgehead atoms. The molecule has 1 saturated heterocycles. The highest BCUT2D eigenvalue weighted by molar-refractivity contribution is 5.91. The van der Waals surface area contributed by atoms with E-state index in [2.05, 4.69) is 10.4 Å². The second-order valence-electron chi connectivity index (χ2n) is 9.48. The summed E-state index contributed by atoms with van der Waals surface area (Å²) in [5.74, 6) is -1.05. The van der Waals surface area contributed by atoms with Crippen molar-refractivity contribution in [2.75, 3.05) is 18.4 Å². The lowest BCUT2D eigenvalue weighted by Crippen LogP contribution is -2.54. The number of fused-ring (bicyclic) bond motifs is 2. The van der Waals surface area contributed by atoms with E-state index in [4.69, 9.17) is 4.42 Å². The van der Waals surface area contributed by atoms with Crippen molar-refractivity contribution < 1.29 is 26.8 Å². The van der Waals surface area contributed by atoms with E-state index in [1.807, 2.05) is 0 Å². The lowest BCUT2D eigenvalue weighted by Gasteiger charge is -2.34. The van der Waals surface area contributed by atoms with Gasteiger partial charge < -0.3 is 14.6 Å². The van der Waals surface area contributed by atoms with Gasteiger partial charge in [-0.1, -0.05) is 12.1 Å². The summed E-state index contributed by atoms with van der Waals surface area (Å²) in [5.41, 5.74) is -3.55. The molecule has 4 heterocycles. The van der Waals surface area contributed by atoms with Crippen molar-refractivity contribution in [3.63, 3.8) is 0 Å². The van der Waals surface area contributed by atoms with Crippen molar-refractivity contribution in [3.8, 4) is 0 Å². The highest BCUT2D eigenvalue weighted by Gasteiger charge is 2.60. The Balaban J connectivity index is 1.68. The summed E-state index contributed by atoms with van der Waals surface area (Å²) in [7, 11) is 1.35. The average Bonchev–Trinajstić information content (AvgIpc) is 3.47. The van der Waals surface area contributed by atoms with E-state index >= 15 is 0 Å². The van der Waals surface area contributed by atoms with E-state index in [-0.39, 0.29) is 34.1 Å². The number of likely N-dealkylation sites (tertiary alicyclic amines) is 1. The summed E-state index contributed by atoms with van der Waals surface area (Å²) in [6, 6.07) is 5.14. The Morgan fingerprint density at radius 2 is 1.95 bits per heavy atom. The van der Waals surface area contributed by atoms with Crippen LogP contribution in [0.25, 0.3) is 21.7 Å². The first-order chi connectivity index (χ1) is 17.8. The first kappa shape index (κ1) is 25.5. The number of halogens is 4. The lowest BCUT2D eigenvalue weighted by molar-refractivity contribution is -0.211. The molecule has 38 heavy (non-hydrogen) atoms. The number of rotatable bonds is 4. The molecular weight excluding hydrogens is 510 g/mol. The molecule has 5 rings (SSSR count). The smallest absolute Gasteiger partial charge is 0.413 e. The monoisotopic (exact) mass is 533 g/mol. The topological polar surface area (TPSA) is 102 Å². The van der Waals surface area contributed by atoms with Crippen LogP contribution in [0.5, 0.6) is 0 Å². The van der Waals surface area contributed by atoms with E-state index < -0.39 is 53.6 Å². The number of pyridine rings is 1. The fourth-order valence-electron chi connectivity index (χ4n) is 5.06. The fourth-order valence-corrected chi connectivity index (χ4v) is 5.06. The number of nitrogens with zero attached hydrogens (tertiary/aromatic N) is 4. The predicted molar refractivity (Wildman–Crippen MR) is 130 cm³/mol. The maximum atomic E-state index is 14.5. The molecule has 1 aliphatic rings. The molecule has 0 radical (unpaired) electrons. The van der Waals surface area contributed by atoms with Crippen LogP contribution in [0.2, 0.25) is 0 Å². The molecule has 13 heteroatoms. The van der Waals surface area contributed by atoms with Crippen molar-refractivity contribution >= 4 is 33.5 Å². The van der Waals surface area contributed by atoms with E-state index in [1.54, 1.807) is 25.1 Å². The number of carbonyl (C=O) groups excluding carboxylic acids is 1. The number of amides is 1. The van der Waals surface area contributed by atoms with Crippen molar-refractivity contribution in [1.82, 2.24) is 19.2 Å². The summed E-state index contributed by atoms with van der Waals surface area (Å²) in [6.45, 7) is 1.96. The van der Waals surface area contributed by atoms with Gasteiger partial charge in [-0.15, -0.1) is 0 Å². The minimum Gasteiger partial charge on any atom is -0.461 e. The van der Waals surface area contributed by atoms with Crippen molar-refractivity contribution in [1.29, 1.82) is 0 Å². The maximum absolute atomic E-state index is 14.5. The molecule has 0 spiro atoms. The van der Waals surface area contributed by atoms with Gasteiger partial charge in [-0.2, -0.15) is 18.3 Å². The number of hydrogen-bond donors (Lipinski definition) is 1. The number of hydrogen-bond acceptors (Lipinski definition) is 6. The molecule has 0 saturated carbocycles. The SMILES string of the molecule is CC(=O)N1CC[C@@](n2cc3c(NC(C)c4cccc5c(F)coc45)nn(C)c(=O)c3cc2=O)(C(F)(F)F)C1. The molecule has 1 aromatic carbocycles. The van der Waals surface area contributed by atoms with Crippen LogP contribution >= 0.6 is 0 Å². The van der Waals surface area contributed by atoms with E-state index in [1.165, 1.54) is 7.05 Å². The lowest BCUT2D eigenvalue weighted by atomic mass is 9.96. The molecule has 2 atom stereocenters. The first-order valence-corrected chi connectivity index (χ1v) is 11.7. The van der Waals surface area contributed by atoms with Crippen LogP contribution in [-0.4, -0.2) is 44.4 Å². The van der Waals surface area contributed by atoms with Gasteiger partial charge in [0, 0.05) is 43.7 Å². The van der Waals surface area contributed by atoms with Crippen LogP contribution in [0.1, 0.15) is 31.9 Å². The molecule has 3 aromatic heterocycles. The normalized spacial score (nSPS) is 18.9. The highest BCUT2D eigenvalue weighted by atomic mass is 19.4. The fraction of sp³-hybridized carbons (Fsp3) is 0.360. The standard InChI is InChI=1S/C25H23F4N5O4/c1-13(15-5-4-6-16-19(26)11-38-21(15)16)30-22-18-10-34(20(36)9-17(18)23(37)32(3)31-22)24(25(27,28)29)7-8-33(12-24)14(2)35/h4-6,9-11,13H,7-8,12H2,1-3H3,(H,30,31)/t13?,24-/m0/s1. The van der Waals surface area contributed by atoms with Crippen LogP contribution in [0.15, 0.2) is 50.7 Å². The number of carbonyl (C=O) groups is 1. The Morgan fingerprint density at radius 1 is 1.21 bits per heavy atom. The van der Waals surface area contributed by atoms with Gasteiger partial charge in [0.15, 0.2) is 17.2 Å². The second-order valence-corrected chi connectivity index (χ2v) is 9.48. The average molecular weight is 533 g/mol. The zero-order valence-electron chi connectivity index (χ0n) is 20.6. The zero-order valence-corrected chi connectivity index (χ0v) is 20.6. The van der Waals surface area contributed by atoms with Gasteiger partial charge >= 0.3 is 6.18 Å². The Labute approximate surface area is 212 Å². The van der Waals surface area contributed by atoms with Gasteiger partial charge in [-0.3, -0.25) is 19.0 Å². The van der Waals surface area contributed by atoms with Crippen LogP contribution in [0.4, 0.5) is 23.4 Å². The van der Waals surface area contributed by atoms with Gasteiger partial charge in [0.05, 0.1) is 23.4 Å². The van der Waals surface area contributed by atoms with E-state index in [0.29, 0.717) is 10.1 Å². The second kappa shape index (κ2) is 8.71. The first-order valence-electron chi connectivity index (χ1n) is 11.7. The Bertz CT molecular complexity index is 1710. The number of anilines is 1. The number of nitrogens with one attached hydrogen (secondary N) is 1. The number of benzene rings is 1. The Kier molecular flexibility index (Phi) is 5.84. The number of alkyl halides is 3. The molecule has 1 fully saturated rings. The minimum absolute atomic E-state index is 0.0118. The third kappa shape index (κ3) is 3.84. The zero-order chi connectivity index (χ0) is 27.6. The van der Waals surface area contributed by atoms with Crippen molar-refractivity contribution in [2.24, 2.45) is 7.05 Å². The number of furan rings is 1. The molecular formula is C25H23F4N5O4.